The number of rotatable bonds is 13. The van der Waals surface area contributed by atoms with Crippen molar-refractivity contribution in [2.75, 3.05) is 38.7 Å². The molecule has 1 heterocycles. The monoisotopic (exact) mass is 572 g/mol. The first kappa shape index (κ1) is 30.8. The van der Waals surface area contributed by atoms with E-state index in [1.807, 2.05) is 62.4 Å². The van der Waals surface area contributed by atoms with Crippen molar-refractivity contribution in [3.63, 3.8) is 0 Å². The molecule has 4 aromatic rings. The Bertz CT molecular complexity index is 1530. The van der Waals surface area contributed by atoms with Crippen LogP contribution in [-0.4, -0.2) is 54.5 Å². The van der Waals surface area contributed by atoms with E-state index in [0.717, 1.165) is 33.4 Å². The summed E-state index contributed by atoms with van der Waals surface area (Å²) >= 11 is 0. The molecule has 3 aromatic carbocycles. The summed E-state index contributed by atoms with van der Waals surface area (Å²) in [4.78, 5) is 17.3. The maximum atomic E-state index is 15.2. The van der Waals surface area contributed by atoms with E-state index in [9.17, 15) is 4.79 Å². The number of hydrogen-bond donors (Lipinski definition) is 5. The van der Waals surface area contributed by atoms with Crippen LogP contribution in [0.5, 0.6) is 5.75 Å². The second-order valence-corrected chi connectivity index (χ2v) is 9.90. The number of halogens is 1. The first-order chi connectivity index (χ1) is 20.4. The van der Waals surface area contributed by atoms with Crippen molar-refractivity contribution in [3.8, 4) is 28.0 Å². The van der Waals surface area contributed by atoms with Crippen LogP contribution in [0, 0.1) is 19.7 Å². The number of aliphatic hydroxyl groups excluding tert-OH is 2. The number of methoxy groups -OCH3 is 1. The molecule has 0 saturated carbocycles. The molecule has 0 saturated heterocycles. The van der Waals surface area contributed by atoms with Crippen LogP contribution in [0.15, 0.2) is 66.9 Å². The van der Waals surface area contributed by atoms with Crippen molar-refractivity contribution in [2.24, 2.45) is 0 Å². The Labute approximate surface area is 245 Å². The maximum absolute atomic E-state index is 15.2. The molecule has 0 unspecified atom stereocenters. The molecule has 8 nitrogen and oxygen atoms in total. The first-order valence-corrected chi connectivity index (χ1v) is 13.8. The number of nitrogens with zero attached hydrogens (tertiary/aromatic N) is 1. The third-order valence-corrected chi connectivity index (χ3v) is 7.16. The number of hydrogen-bond acceptors (Lipinski definition) is 7. The minimum atomic E-state index is -0.386. The summed E-state index contributed by atoms with van der Waals surface area (Å²) in [6.45, 7) is 5.62. The van der Waals surface area contributed by atoms with Gasteiger partial charge < -0.3 is 30.9 Å². The number of nitrogens with one attached hydrogen (secondary N) is 3. The Hall–Kier alpha value is -4.15. The van der Waals surface area contributed by atoms with Gasteiger partial charge in [-0.1, -0.05) is 36.4 Å². The summed E-state index contributed by atoms with van der Waals surface area (Å²) in [6, 6.07) is 18.5. The van der Waals surface area contributed by atoms with E-state index in [0.29, 0.717) is 47.9 Å². The molecule has 220 valence electrons. The molecule has 0 aliphatic carbocycles. The van der Waals surface area contributed by atoms with Gasteiger partial charge in [0.05, 0.1) is 20.3 Å². The van der Waals surface area contributed by atoms with Crippen LogP contribution < -0.4 is 20.7 Å². The number of carbonyl (C=O) groups excluding carboxylic acids is 1. The SMILES string of the molecule is COc1cc(-c2cccc(-c3cccc(NC(=O)c4ccc(CNCCO)cn4)c3C)c2C)cc(F)c1CNCCO. The van der Waals surface area contributed by atoms with Crippen LogP contribution in [0.4, 0.5) is 10.1 Å². The largest absolute Gasteiger partial charge is 0.496 e. The second kappa shape index (κ2) is 14.7. The van der Waals surface area contributed by atoms with Gasteiger partial charge in [-0.2, -0.15) is 0 Å². The zero-order valence-corrected chi connectivity index (χ0v) is 24.1. The van der Waals surface area contributed by atoms with Gasteiger partial charge in [-0.15, -0.1) is 0 Å². The second-order valence-electron chi connectivity index (χ2n) is 9.90. The van der Waals surface area contributed by atoms with Gasteiger partial charge in [-0.05, 0) is 77.1 Å². The summed E-state index contributed by atoms with van der Waals surface area (Å²) < 4.78 is 20.7. The van der Waals surface area contributed by atoms with E-state index in [1.54, 1.807) is 12.3 Å². The molecule has 4 rings (SSSR count). The molecule has 5 N–H and O–H groups in total. The molecule has 0 bridgehead atoms. The van der Waals surface area contributed by atoms with Crippen molar-refractivity contribution >= 4 is 11.6 Å². The average Bonchev–Trinajstić information content (AvgIpc) is 2.99. The van der Waals surface area contributed by atoms with Crippen LogP contribution in [0.1, 0.15) is 32.7 Å². The Morgan fingerprint density at radius 1 is 0.881 bits per heavy atom. The number of aromatic nitrogens is 1. The normalized spacial score (nSPS) is 11.0. The molecule has 42 heavy (non-hydrogen) atoms. The van der Waals surface area contributed by atoms with Crippen molar-refractivity contribution in [2.45, 2.75) is 26.9 Å². The van der Waals surface area contributed by atoms with Gasteiger partial charge in [-0.25, -0.2) is 4.39 Å². The van der Waals surface area contributed by atoms with Crippen LogP contribution in [0.2, 0.25) is 0 Å². The fourth-order valence-electron chi connectivity index (χ4n) is 4.88. The molecular formula is C33H37FN4O4. The highest BCUT2D eigenvalue weighted by Gasteiger charge is 2.17. The smallest absolute Gasteiger partial charge is 0.274 e. The zero-order chi connectivity index (χ0) is 30.1. The number of pyridine rings is 1. The predicted octanol–water partition coefficient (Wildman–Crippen LogP) is 4.60. The highest BCUT2D eigenvalue weighted by molar-refractivity contribution is 6.03. The predicted molar refractivity (Wildman–Crippen MR) is 163 cm³/mol. The van der Waals surface area contributed by atoms with Crippen LogP contribution in [0.3, 0.4) is 0 Å². The summed E-state index contributed by atoms with van der Waals surface area (Å²) in [5.74, 6) is -0.264. The molecule has 1 amide bonds. The van der Waals surface area contributed by atoms with Crippen LogP contribution >= 0.6 is 0 Å². The van der Waals surface area contributed by atoms with Crippen LogP contribution in [0.25, 0.3) is 22.3 Å². The Morgan fingerprint density at radius 3 is 2.21 bits per heavy atom. The number of ether oxygens (including phenoxy) is 1. The number of benzene rings is 3. The highest BCUT2D eigenvalue weighted by atomic mass is 19.1. The topological polar surface area (TPSA) is 116 Å². The average molecular weight is 573 g/mol. The van der Waals surface area contributed by atoms with E-state index in [1.165, 1.54) is 13.2 Å². The molecule has 9 heteroatoms. The molecule has 0 fully saturated rings. The summed E-state index contributed by atoms with van der Waals surface area (Å²) in [6.07, 6.45) is 1.65. The van der Waals surface area contributed by atoms with E-state index < -0.39 is 0 Å². The van der Waals surface area contributed by atoms with Crippen molar-refractivity contribution in [1.82, 2.24) is 15.6 Å². The Balaban J connectivity index is 1.60. The van der Waals surface area contributed by atoms with Gasteiger partial charge in [0.1, 0.15) is 17.3 Å². The van der Waals surface area contributed by atoms with E-state index in [2.05, 4.69) is 20.9 Å². The van der Waals surface area contributed by atoms with E-state index in [-0.39, 0.29) is 31.5 Å². The lowest BCUT2D eigenvalue weighted by Crippen LogP contribution is -2.18. The van der Waals surface area contributed by atoms with E-state index >= 15 is 4.39 Å². The zero-order valence-electron chi connectivity index (χ0n) is 24.1. The first-order valence-electron chi connectivity index (χ1n) is 13.8. The molecule has 0 aliphatic rings. The van der Waals surface area contributed by atoms with E-state index in [4.69, 9.17) is 14.9 Å². The summed E-state index contributed by atoms with van der Waals surface area (Å²) in [5, 5.41) is 27.0. The van der Waals surface area contributed by atoms with Gasteiger partial charge >= 0.3 is 0 Å². The van der Waals surface area contributed by atoms with Crippen molar-refractivity contribution in [3.05, 3.63) is 101 Å². The van der Waals surface area contributed by atoms with Gasteiger partial charge in [0.2, 0.25) is 0 Å². The van der Waals surface area contributed by atoms with Crippen LogP contribution in [-0.2, 0) is 13.1 Å². The lowest BCUT2D eigenvalue weighted by atomic mass is 9.90. The quantitative estimate of drug-likeness (QED) is 0.149. The minimum absolute atomic E-state index is 0.0348. The maximum Gasteiger partial charge on any atom is 0.274 e. The fraction of sp³-hybridized carbons (Fsp3) is 0.273. The molecule has 0 aliphatic heterocycles. The number of anilines is 1. The van der Waals surface area contributed by atoms with Gasteiger partial charge in [0, 0.05) is 43.6 Å². The van der Waals surface area contributed by atoms with Gasteiger partial charge in [-0.3, -0.25) is 9.78 Å². The lowest BCUT2D eigenvalue weighted by Gasteiger charge is -2.18. The molecular weight excluding hydrogens is 535 g/mol. The Morgan fingerprint density at radius 2 is 1.55 bits per heavy atom. The molecule has 0 atom stereocenters. The fourth-order valence-corrected chi connectivity index (χ4v) is 4.88. The number of amides is 1. The summed E-state index contributed by atoms with van der Waals surface area (Å²) in [5.41, 5.74) is 7.62. The Kier molecular flexibility index (Phi) is 10.7. The van der Waals surface area contributed by atoms with Crippen molar-refractivity contribution < 1.29 is 24.1 Å². The number of carbonyl (C=O) groups is 1. The minimum Gasteiger partial charge on any atom is -0.496 e. The third-order valence-electron chi connectivity index (χ3n) is 7.16. The number of aliphatic hydroxyl groups is 2. The lowest BCUT2D eigenvalue weighted by molar-refractivity contribution is 0.102. The highest BCUT2D eigenvalue weighted by Crippen LogP contribution is 2.37. The standard InChI is InChI=1S/C33H37FN4O4/c1-21-25(24-16-29(34)28(20-36-13-15-40)32(17-24)42-3)6-4-7-26(21)27-8-5-9-30(22(27)2)38-33(41)31-11-10-23(19-37-31)18-35-12-14-39/h4-11,16-17,19,35-36,39-40H,12-15,18,20H2,1-3H3,(H,38,41). The third kappa shape index (κ3) is 7.18. The van der Waals surface area contributed by atoms with Gasteiger partial charge in [0.15, 0.2) is 0 Å². The molecule has 0 radical (unpaired) electrons. The summed E-state index contributed by atoms with van der Waals surface area (Å²) in [7, 11) is 1.51. The van der Waals surface area contributed by atoms with Gasteiger partial charge in [0.25, 0.3) is 5.91 Å². The molecule has 1 aromatic heterocycles. The van der Waals surface area contributed by atoms with Crippen molar-refractivity contribution in [1.29, 1.82) is 0 Å². The molecule has 0 spiro atoms.